The molecule has 6 aromatic carbocycles. The summed E-state index contributed by atoms with van der Waals surface area (Å²) in [5.41, 5.74) is 13.4. The molecule has 0 fully saturated rings. The Hall–Kier alpha value is -4.99. The van der Waals surface area contributed by atoms with Gasteiger partial charge in [-0.15, -0.1) is 11.3 Å². The van der Waals surface area contributed by atoms with Gasteiger partial charge in [0.1, 0.15) is 5.01 Å². The van der Waals surface area contributed by atoms with Crippen LogP contribution in [0.5, 0.6) is 0 Å². The topological polar surface area (TPSA) is 16.1 Å². The van der Waals surface area contributed by atoms with E-state index in [1.54, 1.807) is 11.3 Å². The Balaban J connectivity index is 1.19. The first-order chi connectivity index (χ1) is 21.1. The maximum absolute atomic E-state index is 5.02. The number of aromatic nitrogens is 1. The lowest BCUT2D eigenvalue weighted by molar-refractivity contribution is 0.660. The molecule has 1 heterocycles. The molecule has 0 atom stereocenters. The number of fused-ring (bicyclic) bond motifs is 4. The number of thiazole rings is 1. The average molecular weight is 571 g/mol. The van der Waals surface area contributed by atoms with Crippen molar-refractivity contribution in [3.8, 4) is 32.8 Å². The zero-order valence-corrected chi connectivity index (χ0v) is 25.0. The molecule has 0 spiro atoms. The van der Waals surface area contributed by atoms with E-state index in [9.17, 15) is 0 Å². The summed E-state index contributed by atoms with van der Waals surface area (Å²) < 4.78 is 1.18. The largest absolute Gasteiger partial charge is 0.310 e. The van der Waals surface area contributed by atoms with Crippen molar-refractivity contribution in [2.24, 2.45) is 0 Å². The molecule has 0 saturated heterocycles. The smallest absolute Gasteiger partial charge is 0.124 e. The van der Waals surface area contributed by atoms with Crippen LogP contribution in [0.3, 0.4) is 0 Å². The second kappa shape index (κ2) is 10.1. The first-order valence-corrected chi connectivity index (χ1v) is 15.5. The fourth-order valence-electron chi connectivity index (χ4n) is 6.47. The molecule has 0 unspecified atom stereocenters. The third-order valence-corrected chi connectivity index (χ3v) is 9.78. The van der Waals surface area contributed by atoms with Gasteiger partial charge < -0.3 is 4.90 Å². The summed E-state index contributed by atoms with van der Waals surface area (Å²) in [6.07, 6.45) is 0. The van der Waals surface area contributed by atoms with Gasteiger partial charge in [0.15, 0.2) is 0 Å². The minimum atomic E-state index is -0.0586. The van der Waals surface area contributed by atoms with Crippen molar-refractivity contribution in [3.05, 3.63) is 157 Å². The van der Waals surface area contributed by atoms with Gasteiger partial charge in [-0.1, -0.05) is 117 Å². The number of hydrogen-bond donors (Lipinski definition) is 0. The van der Waals surface area contributed by atoms with Crippen molar-refractivity contribution < 1.29 is 0 Å². The van der Waals surface area contributed by atoms with Crippen LogP contribution in [0.2, 0.25) is 0 Å². The summed E-state index contributed by atoms with van der Waals surface area (Å²) >= 11 is 1.75. The van der Waals surface area contributed by atoms with Crippen molar-refractivity contribution >= 4 is 38.6 Å². The highest BCUT2D eigenvalue weighted by Gasteiger charge is 2.35. The predicted molar refractivity (Wildman–Crippen MR) is 183 cm³/mol. The van der Waals surface area contributed by atoms with Gasteiger partial charge in [0.05, 0.1) is 10.2 Å². The SMILES string of the molecule is CC1(C)c2ccccc2-c2ccc(N(c3ccccc3)c3ccc4nc(-c5ccc(-c6ccccc6)cc5)sc4c3)cc21. The van der Waals surface area contributed by atoms with E-state index < -0.39 is 0 Å². The molecule has 1 aliphatic rings. The molecule has 206 valence electrons. The highest BCUT2D eigenvalue weighted by atomic mass is 32.1. The summed E-state index contributed by atoms with van der Waals surface area (Å²) in [6, 6.07) is 52.3. The lowest BCUT2D eigenvalue weighted by atomic mass is 9.82. The Labute approximate surface area is 256 Å². The number of anilines is 3. The van der Waals surface area contributed by atoms with Crippen LogP contribution in [0, 0.1) is 0 Å². The standard InChI is InChI=1S/C40H30N2S/c1-40(2)35-16-10-9-15-33(35)34-23-21-31(25-36(34)40)42(30-13-7-4-8-14-30)32-22-24-37-38(26-32)43-39(41-37)29-19-17-28(18-20-29)27-11-5-3-6-12-27/h3-26H,1-2H3. The lowest BCUT2D eigenvalue weighted by Crippen LogP contribution is -2.16. The minimum Gasteiger partial charge on any atom is -0.310 e. The molecule has 1 aromatic heterocycles. The van der Waals surface area contributed by atoms with Crippen LogP contribution in [0.25, 0.3) is 43.0 Å². The zero-order valence-electron chi connectivity index (χ0n) is 24.2. The van der Waals surface area contributed by atoms with Crippen LogP contribution in [0.1, 0.15) is 25.0 Å². The molecule has 0 N–H and O–H groups in total. The summed E-state index contributed by atoms with van der Waals surface area (Å²) in [7, 11) is 0. The van der Waals surface area contributed by atoms with Crippen LogP contribution in [-0.2, 0) is 5.41 Å². The molecule has 0 radical (unpaired) electrons. The number of rotatable bonds is 5. The highest BCUT2D eigenvalue weighted by Crippen LogP contribution is 2.50. The molecule has 3 heteroatoms. The van der Waals surface area contributed by atoms with E-state index in [0.29, 0.717) is 0 Å². The van der Waals surface area contributed by atoms with E-state index in [-0.39, 0.29) is 5.41 Å². The highest BCUT2D eigenvalue weighted by molar-refractivity contribution is 7.21. The van der Waals surface area contributed by atoms with Gasteiger partial charge >= 0.3 is 0 Å². The molecule has 1 aliphatic carbocycles. The Kier molecular flexibility index (Phi) is 6.02. The first-order valence-electron chi connectivity index (χ1n) is 14.7. The Morgan fingerprint density at radius 2 is 1.12 bits per heavy atom. The van der Waals surface area contributed by atoms with E-state index >= 15 is 0 Å². The van der Waals surface area contributed by atoms with Gasteiger partial charge in [0.2, 0.25) is 0 Å². The van der Waals surface area contributed by atoms with Crippen LogP contribution in [0.4, 0.5) is 17.1 Å². The number of para-hydroxylation sites is 1. The zero-order chi connectivity index (χ0) is 29.0. The van der Waals surface area contributed by atoms with E-state index in [0.717, 1.165) is 33.1 Å². The van der Waals surface area contributed by atoms with Crippen molar-refractivity contribution in [2.45, 2.75) is 19.3 Å². The first kappa shape index (κ1) is 25.7. The number of nitrogens with zero attached hydrogens (tertiary/aromatic N) is 2. The molecule has 43 heavy (non-hydrogen) atoms. The fraction of sp³-hybridized carbons (Fsp3) is 0.0750. The monoisotopic (exact) mass is 570 g/mol. The van der Waals surface area contributed by atoms with E-state index in [1.807, 2.05) is 0 Å². The summed E-state index contributed by atoms with van der Waals surface area (Å²) in [4.78, 5) is 7.39. The van der Waals surface area contributed by atoms with Gasteiger partial charge in [-0.25, -0.2) is 4.98 Å². The maximum atomic E-state index is 5.02. The molecule has 0 bridgehead atoms. The second-order valence-electron chi connectivity index (χ2n) is 11.7. The molecule has 0 amide bonds. The van der Waals surface area contributed by atoms with E-state index in [1.165, 1.54) is 38.1 Å². The molecule has 2 nitrogen and oxygen atoms in total. The molecule has 0 aliphatic heterocycles. The third kappa shape index (κ3) is 4.36. The van der Waals surface area contributed by atoms with Crippen LogP contribution in [0.15, 0.2) is 146 Å². The van der Waals surface area contributed by atoms with E-state index in [2.05, 4.69) is 164 Å². The van der Waals surface area contributed by atoms with Crippen molar-refractivity contribution in [1.29, 1.82) is 0 Å². The summed E-state index contributed by atoms with van der Waals surface area (Å²) in [6.45, 7) is 4.68. The lowest BCUT2D eigenvalue weighted by Gasteiger charge is -2.28. The average Bonchev–Trinajstić information content (AvgIpc) is 3.59. The number of hydrogen-bond acceptors (Lipinski definition) is 3. The second-order valence-corrected chi connectivity index (χ2v) is 12.7. The predicted octanol–water partition coefficient (Wildman–Crippen LogP) is 11.4. The fourth-order valence-corrected chi connectivity index (χ4v) is 7.47. The van der Waals surface area contributed by atoms with E-state index in [4.69, 9.17) is 4.98 Å². The quantitative estimate of drug-likeness (QED) is 0.205. The van der Waals surface area contributed by atoms with Gasteiger partial charge in [-0.2, -0.15) is 0 Å². The van der Waals surface area contributed by atoms with Gasteiger partial charge in [0, 0.05) is 28.0 Å². The Morgan fingerprint density at radius 3 is 1.91 bits per heavy atom. The van der Waals surface area contributed by atoms with Gasteiger partial charge in [-0.05, 0) is 75.8 Å². The van der Waals surface area contributed by atoms with Crippen molar-refractivity contribution in [3.63, 3.8) is 0 Å². The third-order valence-electron chi connectivity index (χ3n) is 8.71. The van der Waals surface area contributed by atoms with Crippen LogP contribution < -0.4 is 4.90 Å². The minimum absolute atomic E-state index is 0.0586. The van der Waals surface area contributed by atoms with Crippen molar-refractivity contribution in [2.75, 3.05) is 4.90 Å². The molecular formula is C40H30N2S. The Morgan fingerprint density at radius 1 is 0.512 bits per heavy atom. The molecule has 7 aromatic rings. The molecule has 8 rings (SSSR count). The normalized spacial score (nSPS) is 13.1. The molecule has 0 saturated carbocycles. The number of benzene rings is 6. The maximum Gasteiger partial charge on any atom is 0.124 e. The van der Waals surface area contributed by atoms with Gasteiger partial charge in [0.25, 0.3) is 0 Å². The van der Waals surface area contributed by atoms with Crippen LogP contribution >= 0.6 is 11.3 Å². The van der Waals surface area contributed by atoms with Crippen LogP contribution in [-0.4, -0.2) is 4.98 Å². The summed E-state index contributed by atoms with van der Waals surface area (Å²) in [5.74, 6) is 0. The summed E-state index contributed by atoms with van der Waals surface area (Å²) in [5, 5.41) is 1.04. The van der Waals surface area contributed by atoms with Crippen molar-refractivity contribution in [1.82, 2.24) is 4.98 Å². The molecular weight excluding hydrogens is 541 g/mol. The van der Waals surface area contributed by atoms with Gasteiger partial charge in [-0.3, -0.25) is 0 Å². The Bertz CT molecular complexity index is 2090.